The Bertz CT molecular complexity index is 527. The summed E-state index contributed by atoms with van der Waals surface area (Å²) in [4.78, 5) is 23.8. The summed E-state index contributed by atoms with van der Waals surface area (Å²) in [6.07, 6.45) is 3.34. The number of carbonyl (C=O) groups is 1. The van der Waals surface area contributed by atoms with Crippen LogP contribution in [0.2, 0.25) is 0 Å². The zero-order valence-corrected chi connectivity index (χ0v) is 11.7. The van der Waals surface area contributed by atoms with Crippen molar-refractivity contribution in [1.82, 2.24) is 4.90 Å². The number of nitrogens with zero attached hydrogens (tertiary/aromatic N) is 2. The van der Waals surface area contributed by atoms with Crippen molar-refractivity contribution in [2.75, 3.05) is 31.5 Å². The lowest BCUT2D eigenvalue weighted by atomic mass is 10.1. The van der Waals surface area contributed by atoms with Crippen molar-refractivity contribution >= 4 is 17.3 Å². The Hall–Kier alpha value is -2.15. The number of rotatable bonds is 7. The van der Waals surface area contributed by atoms with Crippen molar-refractivity contribution in [1.29, 1.82) is 0 Å². The molecule has 7 heteroatoms. The molecule has 114 valence electrons. The maximum absolute atomic E-state index is 11.1. The highest BCUT2D eigenvalue weighted by molar-refractivity contribution is 5.95. The zero-order chi connectivity index (χ0) is 15.2. The van der Waals surface area contributed by atoms with Gasteiger partial charge in [-0.2, -0.15) is 0 Å². The van der Waals surface area contributed by atoms with E-state index < -0.39 is 10.9 Å². The molecule has 1 aliphatic heterocycles. The number of nitro benzene ring substituents is 1. The van der Waals surface area contributed by atoms with Gasteiger partial charge in [0.25, 0.3) is 0 Å². The van der Waals surface area contributed by atoms with Gasteiger partial charge < -0.3 is 15.3 Å². The SMILES string of the molecule is O=C(O)c1cccc(NCCCN2CCCC2)c1[N+](=O)[O-]. The predicted octanol–water partition coefficient (Wildman–Crippen LogP) is 2.19. The number of benzene rings is 1. The summed E-state index contributed by atoms with van der Waals surface area (Å²) < 4.78 is 0. The first-order valence-electron chi connectivity index (χ1n) is 7.06. The number of nitro groups is 1. The van der Waals surface area contributed by atoms with Gasteiger partial charge in [-0.1, -0.05) is 6.07 Å². The Balaban J connectivity index is 1.97. The molecule has 7 nitrogen and oxygen atoms in total. The van der Waals surface area contributed by atoms with Crippen LogP contribution < -0.4 is 5.32 Å². The average molecular weight is 293 g/mol. The first-order valence-corrected chi connectivity index (χ1v) is 7.06. The Morgan fingerprint density at radius 3 is 2.71 bits per heavy atom. The van der Waals surface area contributed by atoms with Crippen LogP contribution in [-0.2, 0) is 0 Å². The molecule has 1 aromatic rings. The van der Waals surface area contributed by atoms with Gasteiger partial charge >= 0.3 is 11.7 Å². The summed E-state index contributed by atoms with van der Waals surface area (Å²) in [5.41, 5.74) is -0.392. The molecule has 1 aliphatic rings. The molecule has 2 rings (SSSR count). The summed E-state index contributed by atoms with van der Waals surface area (Å²) in [5.74, 6) is -1.29. The summed E-state index contributed by atoms with van der Waals surface area (Å²) in [6.45, 7) is 3.78. The largest absolute Gasteiger partial charge is 0.477 e. The second-order valence-corrected chi connectivity index (χ2v) is 5.09. The van der Waals surface area contributed by atoms with Gasteiger partial charge in [0, 0.05) is 6.54 Å². The van der Waals surface area contributed by atoms with E-state index in [1.165, 1.54) is 25.0 Å². The van der Waals surface area contributed by atoms with E-state index in [0.717, 1.165) is 26.1 Å². The van der Waals surface area contributed by atoms with Crippen LogP contribution in [0.15, 0.2) is 18.2 Å². The Morgan fingerprint density at radius 1 is 1.38 bits per heavy atom. The van der Waals surface area contributed by atoms with Crippen molar-refractivity contribution in [3.05, 3.63) is 33.9 Å². The smallest absolute Gasteiger partial charge is 0.342 e. The van der Waals surface area contributed by atoms with Gasteiger partial charge in [-0.05, 0) is 51.0 Å². The lowest BCUT2D eigenvalue weighted by Gasteiger charge is -2.14. The molecule has 0 aromatic heterocycles. The van der Waals surface area contributed by atoms with E-state index >= 15 is 0 Å². The molecule has 0 saturated carbocycles. The number of anilines is 1. The zero-order valence-electron chi connectivity index (χ0n) is 11.7. The maximum Gasteiger partial charge on any atom is 0.342 e. The molecule has 2 N–H and O–H groups in total. The predicted molar refractivity (Wildman–Crippen MR) is 78.8 cm³/mol. The number of likely N-dealkylation sites (tertiary alicyclic amines) is 1. The Labute approximate surface area is 122 Å². The molecule has 0 atom stereocenters. The fourth-order valence-corrected chi connectivity index (χ4v) is 2.59. The molecule has 0 unspecified atom stereocenters. The van der Waals surface area contributed by atoms with E-state index in [1.807, 2.05) is 0 Å². The van der Waals surface area contributed by atoms with Gasteiger partial charge in [-0.3, -0.25) is 10.1 Å². The van der Waals surface area contributed by atoms with E-state index in [9.17, 15) is 14.9 Å². The van der Waals surface area contributed by atoms with E-state index in [4.69, 9.17) is 5.11 Å². The quantitative estimate of drug-likeness (QED) is 0.454. The Kier molecular flexibility index (Phi) is 5.10. The first-order chi connectivity index (χ1) is 10.1. The van der Waals surface area contributed by atoms with Crippen LogP contribution in [0.4, 0.5) is 11.4 Å². The highest BCUT2D eigenvalue weighted by Crippen LogP contribution is 2.28. The molecular formula is C14H19N3O4. The monoisotopic (exact) mass is 293 g/mol. The van der Waals surface area contributed by atoms with Crippen LogP contribution in [0, 0.1) is 10.1 Å². The minimum Gasteiger partial charge on any atom is -0.477 e. The molecule has 1 fully saturated rings. The third kappa shape index (κ3) is 3.91. The number of aromatic carboxylic acids is 1. The first kappa shape index (κ1) is 15.2. The van der Waals surface area contributed by atoms with Gasteiger partial charge in [0.1, 0.15) is 11.3 Å². The third-order valence-corrected chi connectivity index (χ3v) is 3.61. The maximum atomic E-state index is 11.1. The molecule has 1 aromatic carbocycles. The van der Waals surface area contributed by atoms with Crippen molar-refractivity contribution in [3.63, 3.8) is 0 Å². The van der Waals surface area contributed by atoms with E-state index in [0.29, 0.717) is 6.54 Å². The molecule has 1 heterocycles. The highest BCUT2D eigenvalue weighted by atomic mass is 16.6. The van der Waals surface area contributed by atoms with Gasteiger partial charge in [0.2, 0.25) is 0 Å². The molecular weight excluding hydrogens is 274 g/mol. The number of para-hydroxylation sites is 1. The molecule has 0 spiro atoms. The number of hydrogen-bond acceptors (Lipinski definition) is 5. The summed E-state index contributed by atoms with van der Waals surface area (Å²) >= 11 is 0. The number of carboxylic acid groups (broad SMARTS) is 1. The average Bonchev–Trinajstić information content (AvgIpc) is 2.96. The van der Waals surface area contributed by atoms with Crippen molar-refractivity contribution in [2.24, 2.45) is 0 Å². The number of carboxylic acids is 1. The Morgan fingerprint density at radius 2 is 2.10 bits per heavy atom. The third-order valence-electron chi connectivity index (χ3n) is 3.61. The van der Waals surface area contributed by atoms with Gasteiger partial charge in [-0.25, -0.2) is 4.79 Å². The number of nitrogens with one attached hydrogen (secondary N) is 1. The van der Waals surface area contributed by atoms with Gasteiger partial charge in [0.05, 0.1) is 4.92 Å². The van der Waals surface area contributed by atoms with E-state index in [-0.39, 0.29) is 16.9 Å². The van der Waals surface area contributed by atoms with Crippen LogP contribution >= 0.6 is 0 Å². The van der Waals surface area contributed by atoms with Crippen LogP contribution in [0.3, 0.4) is 0 Å². The fourth-order valence-electron chi connectivity index (χ4n) is 2.59. The minimum atomic E-state index is -1.29. The van der Waals surface area contributed by atoms with Crippen molar-refractivity contribution < 1.29 is 14.8 Å². The number of hydrogen-bond donors (Lipinski definition) is 2. The van der Waals surface area contributed by atoms with Crippen LogP contribution in [-0.4, -0.2) is 47.1 Å². The van der Waals surface area contributed by atoms with E-state index in [1.54, 1.807) is 6.07 Å². The van der Waals surface area contributed by atoms with Crippen molar-refractivity contribution in [2.45, 2.75) is 19.3 Å². The lowest BCUT2D eigenvalue weighted by molar-refractivity contribution is -0.384. The van der Waals surface area contributed by atoms with Crippen LogP contribution in [0.25, 0.3) is 0 Å². The molecule has 0 radical (unpaired) electrons. The summed E-state index contributed by atoms with van der Waals surface area (Å²) in [7, 11) is 0. The molecule has 1 saturated heterocycles. The van der Waals surface area contributed by atoms with Gasteiger partial charge in [0.15, 0.2) is 0 Å². The second-order valence-electron chi connectivity index (χ2n) is 5.09. The molecule has 0 aliphatic carbocycles. The highest BCUT2D eigenvalue weighted by Gasteiger charge is 2.23. The van der Waals surface area contributed by atoms with Gasteiger partial charge in [-0.15, -0.1) is 0 Å². The lowest BCUT2D eigenvalue weighted by Crippen LogP contribution is -2.22. The molecule has 0 bridgehead atoms. The van der Waals surface area contributed by atoms with Crippen LogP contribution in [0.1, 0.15) is 29.6 Å². The standard InChI is InChI=1S/C14H19N3O4/c18-14(19)11-5-3-6-12(13(11)17(20)21)15-7-4-10-16-8-1-2-9-16/h3,5-6,15H,1-2,4,7-10H2,(H,18,19). The van der Waals surface area contributed by atoms with Crippen LogP contribution in [0.5, 0.6) is 0 Å². The van der Waals surface area contributed by atoms with Crippen molar-refractivity contribution in [3.8, 4) is 0 Å². The normalized spacial score (nSPS) is 15.0. The fraction of sp³-hybridized carbons (Fsp3) is 0.500. The molecule has 0 amide bonds. The summed E-state index contributed by atoms with van der Waals surface area (Å²) in [5, 5.41) is 23.1. The second kappa shape index (κ2) is 7.03. The molecule has 21 heavy (non-hydrogen) atoms. The van der Waals surface area contributed by atoms with E-state index in [2.05, 4.69) is 10.2 Å². The minimum absolute atomic E-state index is 0.265. The topological polar surface area (TPSA) is 95.7 Å². The summed E-state index contributed by atoms with van der Waals surface area (Å²) in [6, 6.07) is 4.30.